The fraction of sp³-hybridized carbons (Fsp3) is 0.0789. The van der Waals surface area contributed by atoms with Crippen LogP contribution in [0, 0.1) is 0 Å². The van der Waals surface area contributed by atoms with E-state index in [1.165, 1.54) is 32.1 Å². The first kappa shape index (κ1) is 35.1. The number of para-hydroxylation sites is 1. The van der Waals surface area contributed by atoms with Gasteiger partial charge in [0.25, 0.3) is 11.8 Å². The van der Waals surface area contributed by atoms with E-state index in [0.717, 1.165) is 10.5 Å². The first-order valence-electron chi connectivity index (χ1n) is 14.9. The van der Waals surface area contributed by atoms with Gasteiger partial charge in [-0.3, -0.25) is 14.4 Å². The zero-order chi connectivity index (χ0) is 34.8. The lowest BCUT2D eigenvalue weighted by atomic mass is 10.1. The lowest BCUT2D eigenvalue weighted by Crippen LogP contribution is -2.30. The molecule has 0 aliphatic rings. The summed E-state index contributed by atoms with van der Waals surface area (Å²) in [4.78, 5) is 41.1. The normalized spacial score (nSPS) is 11.6. The monoisotopic (exact) mass is 711 g/mol. The molecule has 5 aromatic carbocycles. The van der Waals surface area contributed by atoms with Crippen molar-refractivity contribution in [1.82, 2.24) is 5.32 Å². The van der Waals surface area contributed by atoms with Crippen LogP contribution in [0.5, 0.6) is 11.5 Å². The van der Waals surface area contributed by atoms with Gasteiger partial charge in [0.1, 0.15) is 10.9 Å². The molecule has 0 aliphatic heterocycles. The molecule has 248 valence electrons. The molecule has 0 bridgehead atoms. The minimum Gasteiger partial charge on any atom is -0.493 e. The van der Waals surface area contributed by atoms with Gasteiger partial charge < -0.3 is 25.4 Å². The summed E-state index contributed by atoms with van der Waals surface area (Å²) in [6.45, 7) is 0. The summed E-state index contributed by atoms with van der Waals surface area (Å²) in [6.07, 6.45) is 1.52. The van der Waals surface area contributed by atoms with Crippen LogP contribution in [-0.4, -0.2) is 31.9 Å². The van der Waals surface area contributed by atoms with Gasteiger partial charge in [-0.15, -0.1) is 11.8 Å². The highest BCUT2D eigenvalue weighted by atomic mass is 35.5. The zero-order valence-corrected chi connectivity index (χ0v) is 28.7. The van der Waals surface area contributed by atoms with Gasteiger partial charge in [0.15, 0.2) is 11.5 Å². The van der Waals surface area contributed by atoms with E-state index in [1.807, 2.05) is 30.3 Å². The molecular formula is C38H31Cl2N3O5S. The lowest BCUT2D eigenvalue weighted by Gasteiger charge is -2.18. The van der Waals surface area contributed by atoms with E-state index in [2.05, 4.69) is 16.0 Å². The van der Waals surface area contributed by atoms with Crippen molar-refractivity contribution >= 4 is 70.1 Å². The number of nitrogens with one attached hydrogen (secondary N) is 3. The molecule has 3 amide bonds. The second-order valence-electron chi connectivity index (χ2n) is 10.4. The molecule has 3 N–H and O–H groups in total. The van der Waals surface area contributed by atoms with Gasteiger partial charge >= 0.3 is 0 Å². The number of carbonyl (C=O) groups excluding carboxylic acids is 3. The Balaban J connectivity index is 1.37. The highest BCUT2D eigenvalue weighted by molar-refractivity contribution is 8.00. The lowest BCUT2D eigenvalue weighted by molar-refractivity contribution is -0.116. The Morgan fingerprint density at radius 2 is 1.41 bits per heavy atom. The minimum absolute atomic E-state index is 0.0145. The predicted molar refractivity (Wildman–Crippen MR) is 197 cm³/mol. The molecule has 0 saturated carbocycles. The number of amides is 3. The number of anilines is 2. The standard InChI is InChI=1S/C38H31Cl2N3O5S/c1-47-32-18-9-15-26(34(32)48-2)23-31(43-36(44)25-13-7-4-8-14-25)37(45)41-27-19-21-28(22-20-27)49-35(24-11-5-3-6-12-24)38(46)42-30-17-10-16-29(39)33(30)40/h3-23,35H,1-2H3,(H,41,45)(H,42,46)(H,43,44)/b31-23-. The van der Waals surface area contributed by atoms with Crippen molar-refractivity contribution in [2.45, 2.75) is 10.1 Å². The van der Waals surface area contributed by atoms with E-state index in [-0.39, 0.29) is 16.6 Å². The van der Waals surface area contributed by atoms with Crippen molar-refractivity contribution in [2.24, 2.45) is 0 Å². The number of halogens is 2. The molecule has 0 aromatic heterocycles. The Kier molecular flexibility index (Phi) is 12.0. The van der Waals surface area contributed by atoms with Gasteiger partial charge in [0.05, 0.1) is 30.0 Å². The van der Waals surface area contributed by atoms with Crippen LogP contribution >= 0.6 is 35.0 Å². The maximum Gasteiger partial charge on any atom is 0.272 e. The molecule has 11 heteroatoms. The molecule has 0 saturated heterocycles. The van der Waals surface area contributed by atoms with Crippen LogP contribution in [0.2, 0.25) is 10.0 Å². The topological polar surface area (TPSA) is 106 Å². The second kappa shape index (κ2) is 16.7. The van der Waals surface area contributed by atoms with Gasteiger partial charge in [-0.2, -0.15) is 0 Å². The number of benzene rings is 5. The van der Waals surface area contributed by atoms with Crippen molar-refractivity contribution in [3.63, 3.8) is 0 Å². The largest absolute Gasteiger partial charge is 0.493 e. The molecular weight excluding hydrogens is 681 g/mol. The highest BCUT2D eigenvalue weighted by Crippen LogP contribution is 2.38. The van der Waals surface area contributed by atoms with E-state index in [4.69, 9.17) is 32.7 Å². The summed E-state index contributed by atoms with van der Waals surface area (Å²) in [5.74, 6) is -0.430. The molecule has 0 fully saturated rings. The first-order chi connectivity index (χ1) is 23.8. The molecule has 0 radical (unpaired) electrons. The van der Waals surface area contributed by atoms with Gasteiger partial charge in [-0.1, -0.05) is 89.9 Å². The molecule has 1 unspecified atom stereocenters. The summed E-state index contributed by atoms with van der Waals surface area (Å²) in [7, 11) is 3.01. The highest BCUT2D eigenvalue weighted by Gasteiger charge is 2.24. The number of hydrogen-bond donors (Lipinski definition) is 3. The first-order valence-corrected chi connectivity index (χ1v) is 16.6. The van der Waals surface area contributed by atoms with Gasteiger partial charge in [-0.05, 0) is 66.2 Å². The third kappa shape index (κ3) is 9.03. The number of hydrogen-bond acceptors (Lipinski definition) is 6. The number of thioether (sulfide) groups is 1. The van der Waals surface area contributed by atoms with Crippen molar-refractivity contribution in [1.29, 1.82) is 0 Å². The molecule has 0 aliphatic carbocycles. The fourth-order valence-corrected chi connectivity index (χ4v) is 6.15. The van der Waals surface area contributed by atoms with E-state index in [0.29, 0.717) is 39.0 Å². The summed E-state index contributed by atoms with van der Waals surface area (Å²) in [5, 5.41) is 8.44. The quantitative estimate of drug-likeness (QED) is 0.0882. The van der Waals surface area contributed by atoms with Crippen LogP contribution in [0.4, 0.5) is 11.4 Å². The van der Waals surface area contributed by atoms with E-state index in [9.17, 15) is 14.4 Å². The molecule has 5 rings (SSSR count). The second-order valence-corrected chi connectivity index (χ2v) is 12.4. The Hall–Kier alpha value is -5.22. The maximum absolute atomic E-state index is 13.7. The van der Waals surface area contributed by atoms with Gasteiger partial charge in [0.2, 0.25) is 5.91 Å². The van der Waals surface area contributed by atoms with E-state index in [1.54, 1.807) is 91.0 Å². The van der Waals surface area contributed by atoms with Crippen LogP contribution in [0.1, 0.15) is 26.7 Å². The zero-order valence-electron chi connectivity index (χ0n) is 26.4. The summed E-state index contributed by atoms with van der Waals surface area (Å²) >= 11 is 13.8. The molecule has 8 nitrogen and oxygen atoms in total. The average molecular weight is 713 g/mol. The van der Waals surface area contributed by atoms with Gasteiger partial charge in [0, 0.05) is 21.7 Å². The van der Waals surface area contributed by atoms with Crippen LogP contribution in [0.15, 0.2) is 132 Å². The Morgan fingerprint density at radius 1 is 0.735 bits per heavy atom. The third-order valence-electron chi connectivity index (χ3n) is 7.18. The average Bonchev–Trinajstić information content (AvgIpc) is 3.13. The minimum atomic E-state index is -0.628. The maximum atomic E-state index is 13.7. The number of methoxy groups -OCH3 is 2. The Labute approximate surface area is 298 Å². The Bertz CT molecular complexity index is 1970. The van der Waals surface area contributed by atoms with Crippen LogP contribution in [-0.2, 0) is 9.59 Å². The SMILES string of the molecule is COc1cccc(/C=C(\NC(=O)c2ccccc2)C(=O)Nc2ccc(SC(C(=O)Nc3cccc(Cl)c3Cl)c3ccccc3)cc2)c1OC. The molecule has 0 spiro atoms. The third-order valence-corrected chi connectivity index (χ3v) is 9.26. The molecule has 0 heterocycles. The number of rotatable bonds is 12. The smallest absolute Gasteiger partial charge is 0.272 e. The van der Waals surface area contributed by atoms with Crippen molar-refractivity contribution in [2.75, 3.05) is 24.9 Å². The summed E-state index contributed by atoms with van der Waals surface area (Å²) < 4.78 is 10.9. The summed E-state index contributed by atoms with van der Waals surface area (Å²) in [5.41, 5.74) is 2.56. The van der Waals surface area contributed by atoms with E-state index < -0.39 is 17.1 Å². The van der Waals surface area contributed by atoms with Crippen molar-refractivity contribution < 1.29 is 23.9 Å². The Morgan fingerprint density at radius 3 is 2.08 bits per heavy atom. The predicted octanol–water partition coefficient (Wildman–Crippen LogP) is 8.89. The molecule has 49 heavy (non-hydrogen) atoms. The van der Waals surface area contributed by atoms with Crippen LogP contribution in [0.3, 0.4) is 0 Å². The van der Waals surface area contributed by atoms with Crippen LogP contribution < -0.4 is 25.4 Å². The number of ether oxygens (including phenoxy) is 2. The van der Waals surface area contributed by atoms with Crippen LogP contribution in [0.25, 0.3) is 6.08 Å². The van der Waals surface area contributed by atoms with Crippen molar-refractivity contribution in [3.05, 3.63) is 154 Å². The van der Waals surface area contributed by atoms with Crippen molar-refractivity contribution in [3.8, 4) is 11.5 Å². The molecule has 5 aromatic rings. The molecule has 1 atom stereocenters. The fourth-order valence-electron chi connectivity index (χ4n) is 4.77. The van der Waals surface area contributed by atoms with Gasteiger partial charge in [-0.25, -0.2) is 0 Å². The number of carbonyl (C=O) groups is 3. The summed E-state index contributed by atoms with van der Waals surface area (Å²) in [6, 6.07) is 35.3. The van der Waals surface area contributed by atoms with E-state index >= 15 is 0 Å².